The summed E-state index contributed by atoms with van der Waals surface area (Å²) in [6.45, 7) is 2.19. The number of pyridine rings is 1. The molecule has 21 heavy (non-hydrogen) atoms. The van der Waals surface area contributed by atoms with Gasteiger partial charge in [-0.25, -0.2) is 0 Å². The minimum atomic E-state index is -0.193. The molecule has 0 saturated heterocycles. The van der Waals surface area contributed by atoms with Gasteiger partial charge in [0.25, 0.3) is 5.91 Å². The SMILES string of the molecule is CCCCCc1ccc(C(=O)Nc2ccc(S)cc2)nc1. The van der Waals surface area contributed by atoms with Gasteiger partial charge in [-0.05, 0) is 48.7 Å². The second-order valence-corrected chi connectivity index (χ2v) is 5.53. The van der Waals surface area contributed by atoms with E-state index in [1.807, 2.05) is 30.3 Å². The summed E-state index contributed by atoms with van der Waals surface area (Å²) >= 11 is 4.21. The van der Waals surface area contributed by atoms with Crippen LogP contribution in [0.1, 0.15) is 42.2 Å². The summed E-state index contributed by atoms with van der Waals surface area (Å²) in [6, 6.07) is 11.1. The highest BCUT2D eigenvalue weighted by Crippen LogP contribution is 2.13. The maximum atomic E-state index is 12.1. The number of aryl methyl sites for hydroxylation is 1. The zero-order valence-electron chi connectivity index (χ0n) is 12.2. The Morgan fingerprint density at radius 3 is 2.52 bits per heavy atom. The fraction of sp³-hybridized carbons (Fsp3) is 0.294. The summed E-state index contributed by atoms with van der Waals surface area (Å²) < 4.78 is 0. The second-order valence-electron chi connectivity index (χ2n) is 5.01. The minimum Gasteiger partial charge on any atom is -0.321 e. The Morgan fingerprint density at radius 1 is 1.14 bits per heavy atom. The van der Waals surface area contributed by atoms with Gasteiger partial charge in [-0.2, -0.15) is 0 Å². The van der Waals surface area contributed by atoms with Gasteiger partial charge in [-0.15, -0.1) is 12.6 Å². The Bertz CT molecular complexity index is 579. The number of rotatable bonds is 6. The number of nitrogens with zero attached hydrogens (tertiary/aromatic N) is 1. The van der Waals surface area contributed by atoms with Gasteiger partial charge in [0.05, 0.1) is 0 Å². The van der Waals surface area contributed by atoms with Gasteiger partial charge in [0.2, 0.25) is 0 Å². The van der Waals surface area contributed by atoms with Crippen LogP contribution in [0.4, 0.5) is 5.69 Å². The van der Waals surface area contributed by atoms with Crippen molar-refractivity contribution in [3.8, 4) is 0 Å². The van der Waals surface area contributed by atoms with Crippen molar-refractivity contribution in [2.75, 3.05) is 5.32 Å². The smallest absolute Gasteiger partial charge is 0.274 e. The molecule has 1 heterocycles. The molecule has 0 radical (unpaired) electrons. The number of hydrogen-bond acceptors (Lipinski definition) is 3. The number of hydrogen-bond donors (Lipinski definition) is 2. The topological polar surface area (TPSA) is 42.0 Å². The van der Waals surface area contributed by atoms with Crippen LogP contribution in [-0.2, 0) is 6.42 Å². The van der Waals surface area contributed by atoms with Gasteiger partial charge < -0.3 is 5.32 Å². The molecule has 110 valence electrons. The molecule has 1 N–H and O–H groups in total. The summed E-state index contributed by atoms with van der Waals surface area (Å²) in [6.07, 6.45) is 6.41. The predicted octanol–water partition coefficient (Wildman–Crippen LogP) is 4.36. The van der Waals surface area contributed by atoms with Crippen LogP contribution in [0, 0.1) is 0 Å². The molecule has 0 spiro atoms. The van der Waals surface area contributed by atoms with Crippen molar-refractivity contribution < 1.29 is 4.79 Å². The van der Waals surface area contributed by atoms with Crippen LogP contribution < -0.4 is 5.32 Å². The Kier molecular flexibility index (Phi) is 5.81. The third kappa shape index (κ3) is 4.90. The lowest BCUT2D eigenvalue weighted by molar-refractivity contribution is 0.102. The number of carbonyl (C=O) groups is 1. The van der Waals surface area contributed by atoms with Crippen LogP contribution in [0.25, 0.3) is 0 Å². The van der Waals surface area contributed by atoms with E-state index in [2.05, 4.69) is 29.9 Å². The van der Waals surface area contributed by atoms with E-state index in [1.165, 1.54) is 24.8 Å². The van der Waals surface area contributed by atoms with E-state index in [1.54, 1.807) is 12.3 Å². The molecule has 0 aliphatic heterocycles. The number of carbonyl (C=O) groups excluding carboxylic acids is 1. The van der Waals surface area contributed by atoms with Crippen molar-refractivity contribution in [3.05, 3.63) is 53.9 Å². The number of thiol groups is 1. The third-order valence-corrected chi connectivity index (χ3v) is 3.55. The van der Waals surface area contributed by atoms with Crippen LogP contribution in [0.5, 0.6) is 0 Å². The highest BCUT2D eigenvalue weighted by Gasteiger charge is 2.07. The third-order valence-electron chi connectivity index (χ3n) is 3.25. The van der Waals surface area contributed by atoms with Crippen LogP contribution >= 0.6 is 12.6 Å². The first-order valence-electron chi connectivity index (χ1n) is 7.24. The first-order valence-corrected chi connectivity index (χ1v) is 7.69. The standard InChI is InChI=1S/C17H20N2OS/c1-2-3-4-5-13-6-11-16(18-12-13)17(20)19-14-7-9-15(21)10-8-14/h6-12,21H,2-5H2,1H3,(H,19,20). The summed E-state index contributed by atoms with van der Waals surface area (Å²) in [7, 11) is 0. The van der Waals surface area contributed by atoms with Crippen LogP contribution in [0.3, 0.4) is 0 Å². The molecule has 0 aliphatic carbocycles. The quantitative estimate of drug-likeness (QED) is 0.615. The lowest BCUT2D eigenvalue weighted by Crippen LogP contribution is -2.13. The zero-order valence-corrected chi connectivity index (χ0v) is 13.1. The lowest BCUT2D eigenvalue weighted by Gasteiger charge is -2.06. The van der Waals surface area contributed by atoms with Crippen molar-refractivity contribution in [2.24, 2.45) is 0 Å². The van der Waals surface area contributed by atoms with Gasteiger partial charge in [0.15, 0.2) is 0 Å². The maximum Gasteiger partial charge on any atom is 0.274 e. The molecule has 0 unspecified atom stereocenters. The molecule has 0 bridgehead atoms. The van der Waals surface area contributed by atoms with Gasteiger partial charge in [-0.3, -0.25) is 9.78 Å². The molecule has 2 rings (SSSR count). The minimum absolute atomic E-state index is 0.193. The number of benzene rings is 1. The number of aromatic nitrogens is 1. The zero-order chi connectivity index (χ0) is 15.1. The molecule has 0 aliphatic rings. The largest absolute Gasteiger partial charge is 0.321 e. The van der Waals surface area contributed by atoms with Gasteiger partial charge in [0, 0.05) is 16.8 Å². The Balaban J connectivity index is 1.94. The van der Waals surface area contributed by atoms with E-state index < -0.39 is 0 Å². The fourth-order valence-electron chi connectivity index (χ4n) is 2.03. The Hall–Kier alpha value is -1.81. The number of unbranched alkanes of at least 4 members (excludes halogenated alkanes) is 2. The van der Waals surface area contributed by atoms with Crippen LogP contribution in [0.2, 0.25) is 0 Å². The number of nitrogens with one attached hydrogen (secondary N) is 1. The summed E-state index contributed by atoms with van der Waals surface area (Å²) in [5.41, 5.74) is 2.36. The van der Waals surface area contributed by atoms with Gasteiger partial charge in [-0.1, -0.05) is 25.8 Å². The molecule has 1 aromatic heterocycles. The molecule has 1 aromatic carbocycles. The first kappa shape index (κ1) is 15.6. The highest BCUT2D eigenvalue weighted by atomic mass is 32.1. The highest BCUT2D eigenvalue weighted by molar-refractivity contribution is 7.80. The summed E-state index contributed by atoms with van der Waals surface area (Å²) in [4.78, 5) is 17.2. The predicted molar refractivity (Wildman–Crippen MR) is 89.1 cm³/mol. The van der Waals surface area contributed by atoms with E-state index in [0.717, 1.165) is 17.0 Å². The van der Waals surface area contributed by atoms with Gasteiger partial charge >= 0.3 is 0 Å². The Morgan fingerprint density at radius 2 is 1.90 bits per heavy atom. The normalized spacial score (nSPS) is 10.4. The molecule has 1 amide bonds. The van der Waals surface area contributed by atoms with Crippen molar-refractivity contribution in [3.63, 3.8) is 0 Å². The van der Waals surface area contributed by atoms with Gasteiger partial charge in [0.1, 0.15) is 5.69 Å². The first-order chi connectivity index (χ1) is 10.2. The lowest BCUT2D eigenvalue weighted by atomic mass is 10.1. The van der Waals surface area contributed by atoms with Crippen LogP contribution in [0.15, 0.2) is 47.5 Å². The molecule has 0 fully saturated rings. The van der Waals surface area contributed by atoms with Crippen molar-refractivity contribution in [1.82, 2.24) is 4.98 Å². The average Bonchev–Trinajstić information content (AvgIpc) is 2.50. The number of anilines is 1. The maximum absolute atomic E-state index is 12.1. The molecule has 0 saturated carbocycles. The molecular weight excluding hydrogens is 280 g/mol. The monoisotopic (exact) mass is 300 g/mol. The van der Waals surface area contributed by atoms with Crippen molar-refractivity contribution in [2.45, 2.75) is 37.5 Å². The molecule has 3 nitrogen and oxygen atoms in total. The summed E-state index contributed by atoms with van der Waals surface area (Å²) in [5.74, 6) is -0.193. The van der Waals surface area contributed by atoms with E-state index in [4.69, 9.17) is 0 Å². The van der Waals surface area contributed by atoms with E-state index >= 15 is 0 Å². The van der Waals surface area contributed by atoms with E-state index in [-0.39, 0.29) is 5.91 Å². The molecule has 2 aromatic rings. The van der Waals surface area contributed by atoms with Crippen molar-refractivity contribution >= 4 is 24.2 Å². The summed E-state index contributed by atoms with van der Waals surface area (Å²) in [5, 5.41) is 2.82. The van der Waals surface area contributed by atoms with Crippen LogP contribution in [-0.4, -0.2) is 10.9 Å². The fourth-order valence-corrected chi connectivity index (χ4v) is 2.17. The Labute approximate surface area is 131 Å². The molecule has 0 atom stereocenters. The van der Waals surface area contributed by atoms with E-state index in [9.17, 15) is 4.79 Å². The molecular formula is C17H20N2OS. The number of amides is 1. The second kappa shape index (κ2) is 7.84. The van der Waals surface area contributed by atoms with Crippen molar-refractivity contribution in [1.29, 1.82) is 0 Å². The average molecular weight is 300 g/mol. The van der Waals surface area contributed by atoms with E-state index in [0.29, 0.717) is 5.69 Å². The molecule has 4 heteroatoms.